The van der Waals surface area contributed by atoms with Gasteiger partial charge in [-0.1, -0.05) is 0 Å². The molecule has 4 amide bonds. The molecule has 1 saturated heterocycles. The number of urea groups is 1. The molecule has 1 aliphatic rings. The highest BCUT2D eigenvalue weighted by Gasteiger charge is 2.42. The number of aromatic carboxylic acids is 1. The Balaban J connectivity index is 2.25. The van der Waals surface area contributed by atoms with Gasteiger partial charge in [0.05, 0.1) is 6.54 Å². The van der Waals surface area contributed by atoms with E-state index >= 15 is 0 Å². The van der Waals surface area contributed by atoms with E-state index in [0.29, 0.717) is 15.4 Å². The Morgan fingerprint density at radius 2 is 1.95 bits per heavy atom. The summed E-state index contributed by atoms with van der Waals surface area (Å²) < 4.78 is 5.03. The van der Waals surface area contributed by atoms with E-state index in [4.69, 9.17) is 9.52 Å². The lowest BCUT2D eigenvalue weighted by Gasteiger charge is -2.10. The van der Waals surface area contributed by atoms with E-state index in [9.17, 15) is 19.2 Å². The number of carboxylic acid groups (broad SMARTS) is 1. The SMILES string of the molecule is Cc1cc(CN2C(=O)C(=O)N(C)C2=O)oc1C(=O)O. The first-order valence-electron chi connectivity index (χ1n) is 5.29. The molecule has 2 heterocycles. The first-order chi connectivity index (χ1) is 8.82. The number of carboxylic acids is 1. The minimum Gasteiger partial charge on any atom is -0.475 e. The van der Waals surface area contributed by atoms with Crippen LogP contribution in [0.4, 0.5) is 4.79 Å². The van der Waals surface area contributed by atoms with Crippen LogP contribution in [0.5, 0.6) is 0 Å². The third kappa shape index (κ3) is 1.96. The first kappa shape index (κ1) is 12.8. The van der Waals surface area contributed by atoms with Crippen molar-refractivity contribution < 1.29 is 28.7 Å². The molecule has 1 aromatic heterocycles. The minimum atomic E-state index is -1.24. The molecule has 19 heavy (non-hydrogen) atoms. The van der Waals surface area contributed by atoms with Crippen LogP contribution in [0.2, 0.25) is 0 Å². The van der Waals surface area contributed by atoms with Gasteiger partial charge in [0.25, 0.3) is 0 Å². The number of likely N-dealkylation sites (N-methyl/N-ethyl adjacent to an activating group) is 1. The third-order valence-electron chi connectivity index (χ3n) is 2.73. The lowest BCUT2D eigenvalue weighted by atomic mass is 10.2. The summed E-state index contributed by atoms with van der Waals surface area (Å²) >= 11 is 0. The zero-order valence-electron chi connectivity index (χ0n) is 10.2. The second-order valence-corrected chi connectivity index (χ2v) is 4.07. The zero-order chi connectivity index (χ0) is 14.3. The summed E-state index contributed by atoms with van der Waals surface area (Å²) in [5.41, 5.74) is 0.376. The fourth-order valence-electron chi connectivity index (χ4n) is 1.75. The lowest BCUT2D eigenvalue weighted by Crippen LogP contribution is -2.30. The average Bonchev–Trinajstić information content (AvgIpc) is 2.80. The van der Waals surface area contributed by atoms with E-state index in [-0.39, 0.29) is 18.1 Å². The summed E-state index contributed by atoms with van der Waals surface area (Å²) in [6.07, 6.45) is 0. The van der Waals surface area contributed by atoms with Gasteiger partial charge in [-0.15, -0.1) is 0 Å². The Morgan fingerprint density at radius 3 is 2.37 bits per heavy atom. The molecule has 0 aliphatic carbocycles. The normalized spacial score (nSPS) is 15.6. The van der Waals surface area contributed by atoms with E-state index in [1.165, 1.54) is 20.0 Å². The minimum absolute atomic E-state index is 0.125. The molecular formula is C11H10N2O6. The van der Waals surface area contributed by atoms with Crippen LogP contribution in [0, 0.1) is 6.92 Å². The summed E-state index contributed by atoms with van der Waals surface area (Å²) in [7, 11) is 1.19. The van der Waals surface area contributed by atoms with Crippen molar-refractivity contribution in [2.75, 3.05) is 7.05 Å². The predicted molar refractivity (Wildman–Crippen MR) is 59.1 cm³/mol. The van der Waals surface area contributed by atoms with E-state index < -0.39 is 23.8 Å². The number of rotatable bonds is 3. The van der Waals surface area contributed by atoms with Gasteiger partial charge in [-0.05, 0) is 13.0 Å². The van der Waals surface area contributed by atoms with E-state index in [1.54, 1.807) is 0 Å². The number of furan rings is 1. The molecule has 1 fully saturated rings. The lowest BCUT2D eigenvalue weighted by molar-refractivity contribution is -0.143. The Bertz CT molecular complexity index is 602. The second-order valence-electron chi connectivity index (χ2n) is 4.07. The molecule has 1 aliphatic heterocycles. The highest BCUT2D eigenvalue weighted by atomic mass is 16.4. The molecule has 1 N–H and O–H groups in total. The molecule has 0 unspecified atom stereocenters. The monoisotopic (exact) mass is 266 g/mol. The maximum atomic E-state index is 11.6. The molecule has 0 saturated carbocycles. The van der Waals surface area contributed by atoms with Crippen molar-refractivity contribution in [2.45, 2.75) is 13.5 Å². The molecule has 2 rings (SSSR count). The number of aryl methyl sites for hydroxylation is 1. The molecule has 100 valence electrons. The Labute approximate surface area is 107 Å². The van der Waals surface area contributed by atoms with Crippen molar-refractivity contribution in [2.24, 2.45) is 0 Å². The summed E-state index contributed by atoms with van der Waals surface area (Å²) in [5, 5.41) is 8.82. The van der Waals surface area contributed by atoms with Gasteiger partial charge in [-0.3, -0.25) is 14.5 Å². The summed E-state index contributed by atoms with van der Waals surface area (Å²) in [6, 6.07) is 0.647. The molecule has 8 nitrogen and oxygen atoms in total. The topological polar surface area (TPSA) is 108 Å². The summed E-state index contributed by atoms with van der Waals surface area (Å²) in [6.45, 7) is 1.25. The molecule has 0 radical (unpaired) electrons. The third-order valence-corrected chi connectivity index (χ3v) is 2.73. The molecule has 0 spiro atoms. The molecule has 8 heteroatoms. The molecule has 0 atom stereocenters. The molecule has 0 bridgehead atoms. The number of carbonyl (C=O) groups is 4. The van der Waals surface area contributed by atoms with Gasteiger partial charge >= 0.3 is 23.8 Å². The maximum Gasteiger partial charge on any atom is 0.372 e. The van der Waals surface area contributed by atoms with Gasteiger partial charge in [-0.25, -0.2) is 14.5 Å². The van der Waals surface area contributed by atoms with Crippen LogP contribution in [0.25, 0.3) is 0 Å². The number of hydrogen-bond donors (Lipinski definition) is 1. The van der Waals surface area contributed by atoms with Crippen molar-refractivity contribution in [3.8, 4) is 0 Å². The van der Waals surface area contributed by atoms with Crippen LogP contribution >= 0.6 is 0 Å². The van der Waals surface area contributed by atoms with Gasteiger partial charge < -0.3 is 9.52 Å². The van der Waals surface area contributed by atoms with Crippen LogP contribution in [-0.4, -0.2) is 45.8 Å². The van der Waals surface area contributed by atoms with Gasteiger partial charge in [0.2, 0.25) is 5.76 Å². The average molecular weight is 266 g/mol. The Hall–Kier alpha value is -2.64. The Kier molecular flexibility index (Phi) is 2.85. The number of hydrogen-bond acceptors (Lipinski definition) is 5. The predicted octanol–water partition coefficient (Wildman–Crippen LogP) is 0.207. The fourth-order valence-corrected chi connectivity index (χ4v) is 1.75. The van der Waals surface area contributed by atoms with Crippen LogP contribution in [0.3, 0.4) is 0 Å². The van der Waals surface area contributed by atoms with E-state index in [2.05, 4.69) is 0 Å². The first-order valence-corrected chi connectivity index (χ1v) is 5.29. The fraction of sp³-hybridized carbons (Fsp3) is 0.273. The zero-order valence-corrected chi connectivity index (χ0v) is 10.2. The van der Waals surface area contributed by atoms with Crippen LogP contribution in [0.15, 0.2) is 10.5 Å². The summed E-state index contributed by atoms with van der Waals surface area (Å²) in [5.74, 6) is -3.25. The van der Waals surface area contributed by atoms with Crippen LogP contribution < -0.4 is 0 Å². The number of amides is 4. The van der Waals surface area contributed by atoms with Crippen LogP contribution in [0.1, 0.15) is 21.9 Å². The van der Waals surface area contributed by atoms with E-state index in [1.807, 2.05) is 0 Å². The molecular weight excluding hydrogens is 256 g/mol. The standard InChI is InChI=1S/C11H10N2O6/c1-5-3-6(19-7(5)10(16)17)4-13-9(15)8(14)12(2)11(13)18/h3H,4H2,1-2H3,(H,16,17). The highest BCUT2D eigenvalue weighted by Crippen LogP contribution is 2.19. The van der Waals surface area contributed by atoms with Crippen molar-refractivity contribution in [3.63, 3.8) is 0 Å². The Morgan fingerprint density at radius 1 is 1.32 bits per heavy atom. The van der Waals surface area contributed by atoms with Gasteiger partial charge in [0.15, 0.2) is 0 Å². The van der Waals surface area contributed by atoms with Crippen LogP contribution in [-0.2, 0) is 16.1 Å². The van der Waals surface area contributed by atoms with Gasteiger partial charge in [0, 0.05) is 12.6 Å². The summed E-state index contributed by atoms with van der Waals surface area (Å²) in [4.78, 5) is 46.6. The molecule has 1 aromatic rings. The van der Waals surface area contributed by atoms with Crippen molar-refractivity contribution in [1.82, 2.24) is 9.80 Å². The smallest absolute Gasteiger partial charge is 0.372 e. The number of nitrogens with zero attached hydrogens (tertiary/aromatic N) is 2. The van der Waals surface area contributed by atoms with E-state index in [0.717, 1.165) is 0 Å². The second kappa shape index (κ2) is 4.23. The number of carbonyl (C=O) groups excluding carboxylic acids is 3. The quantitative estimate of drug-likeness (QED) is 0.618. The number of imide groups is 2. The van der Waals surface area contributed by atoms with Crippen molar-refractivity contribution in [3.05, 3.63) is 23.2 Å². The van der Waals surface area contributed by atoms with Gasteiger partial charge in [-0.2, -0.15) is 0 Å². The molecule has 0 aromatic carbocycles. The van der Waals surface area contributed by atoms with Crippen molar-refractivity contribution >= 4 is 23.8 Å². The highest BCUT2D eigenvalue weighted by molar-refractivity contribution is 6.44. The largest absolute Gasteiger partial charge is 0.475 e. The van der Waals surface area contributed by atoms with Gasteiger partial charge in [0.1, 0.15) is 5.76 Å². The van der Waals surface area contributed by atoms with Crippen molar-refractivity contribution in [1.29, 1.82) is 0 Å². The maximum absolute atomic E-state index is 11.6.